The fraction of sp³-hybridized carbons (Fsp3) is 0.231. The largest absolute Gasteiger partial charge is 0.233 e. The monoisotopic (exact) mass is 249 g/mol. The number of benzene rings is 1. The van der Waals surface area contributed by atoms with Gasteiger partial charge in [-0.25, -0.2) is 13.1 Å². The topological polar surface area (TPSA) is 46.2 Å². The molecule has 0 bridgehead atoms. The predicted molar refractivity (Wildman–Crippen MR) is 70.6 cm³/mol. The Kier molecular flexibility index (Phi) is 4.95. The molecule has 1 rings (SSSR count). The molecule has 0 saturated carbocycles. The van der Waals surface area contributed by atoms with Gasteiger partial charge in [-0.05, 0) is 18.6 Å². The Morgan fingerprint density at radius 2 is 2.00 bits per heavy atom. The summed E-state index contributed by atoms with van der Waals surface area (Å²) in [5.41, 5.74) is 1.98. The van der Waals surface area contributed by atoms with Gasteiger partial charge in [0.1, 0.15) is 0 Å². The summed E-state index contributed by atoms with van der Waals surface area (Å²) >= 11 is 0. The molecule has 0 unspecified atom stereocenters. The van der Waals surface area contributed by atoms with Crippen molar-refractivity contribution < 1.29 is 8.42 Å². The maximum absolute atomic E-state index is 11.5. The van der Waals surface area contributed by atoms with Crippen molar-refractivity contribution in [2.24, 2.45) is 0 Å². The van der Waals surface area contributed by atoms with Crippen LogP contribution >= 0.6 is 0 Å². The Hall–Kier alpha value is -1.57. The highest BCUT2D eigenvalue weighted by Crippen LogP contribution is 2.05. The molecular formula is C13H15NO2S. The van der Waals surface area contributed by atoms with Gasteiger partial charge in [0.15, 0.2) is 0 Å². The van der Waals surface area contributed by atoms with Crippen LogP contribution in [0.1, 0.15) is 17.5 Å². The lowest BCUT2D eigenvalue weighted by Gasteiger charge is -1.99. The maximum atomic E-state index is 11.5. The Labute approximate surface area is 103 Å². The van der Waals surface area contributed by atoms with E-state index in [1.807, 2.05) is 31.2 Å². The van der Waals surface area contributed by atoms with Crippen LogP contribution in [0.5, 0.6) is 0 Å². The molecule has 0 fully saturated rings. The molecule has 4 heteroatoms. The summed E-state index contributed by atoms with van der Waals surface area (Å²) in [6.07, 6.45) is 6.97. The van der Waals surface area contributed by atoms with Crippen LogP contribution in [0.25, 0.3) is 6.08 Å². The number of terminal acetylenes is 1. The van der Waals surface area contributed by atoms with Crippen molar-refractivity contribution in [3.8, 4) is 12.3 Å². The smallest absolute Gasteiger partial charge is 0.211 e. The van der Waals surface area contributed by atoms with Crippen molar-refractivity contribution in [1.29, 1.82) is 0 Å². The Morgan fingerprint density at radius 1 is 1.35 bits per heavy atom. The molecule has 0 aliphatic carbocycles. The van der Waals surface area contributed by atoms with Crippen LogP contribution < -0.4 is 4.72 Å². The summed E-state index contributed by atoms with van der Waals surface area (Å²) in [5, 5.41) is 1.15. The molecule has 0 aliphatic heterocycles. The molecule has 0 aromatic heterocycles. The van der Waals surface area contributed by atoms with Crippen LogP contribution in [-0.2, 0) is 10.0 Å². The average molecular weight is 249 g/mol. The highest BCUT2D eigenvalue weighted by Gasteiger charge is 2.02. The fourth-order valence-electron chi connectivity index (χ4n) is 1.16. The van der Waals surface area contributed by atoms with Crippen molar-refractivity contribution in [3.05, 3.63) is 40.8 Å². The van der Waals surface area contributed by atoms with E-state index in [1.165, 1.54) is 0 Å². The van der Waals surface area contributed by atoms with E-state index in [1.54, 1.807) is 6.08 Å². The van der Waals surface area contributed by atoms with Gasteiger partial charge in [0.05, 0.1) is 0 Å². The Bertz CT molecular complexity index is 522. The van der Waals surface area contributed by atoms with E-state index >= 15 is 0 Å². The first-order valence-electron chi connectivity index (χ1n) is 5.21. The molecule has 0 amide bonds. The second-order valence-corrected chi connectivity index (χ2v) is 5.26. The Balaban J connectivity index is 2.64. The molecule has 1 N–H and O–H groups in total. The fourth-order valence-corrected chi connectivity index (χ4v) is 1.98. The molecular weight excluding hydrogens is 234 g/mol. The highest BCUT2D eigenvalue weighted by atomic mass is 32.2. The molecule has 0 radical (unpaired) electrons. The lowest BCUT2D eigenvalue weighted by atomic mass is 10.2. The van der Waals surface area contributed by atoms with Gasteiger partial charge >= 0.3 is 0 Å². The van der Waals surface area contributed by atoms with Gasteiger partial charge < -0.3 is 0 Å². The molecule has 1 aromatic carbocycles. The van der Waals surface area contributed by atoms with Crippen molar-refractivity contribution in [2.45, 2.75) is 13.3 Å². The summed E-state index contributed by atoms with van der Waals surface area (Å²) in [7, 11) is -3.39. The minimum Gasteiger partial charge on any atom is -0.211 e. The third-order valence-corrected chi connectivity index (χ3v) is 3.19. The Morgan fingerprint density at radius 3 is 2.59 bits per heavy atom. The quantitative estimate of drug-likeness (QED) is 0.640. The molecule has 17 heavy (non-hydrogen) atoms. The molecule has 0 saturated heterocycles. The molecule has 3 nitrogen and oxygen atoms in total. The van der Waals surface area contributed by atoms with Crippen LogP contribution in [0.15, 0.2) is 29.7 Å². The molecule has 0 aliphatic rings. The van der Waals surface area contributed by atoms with E-state index in [0.29, 0.717) is 6.42 Å². The molecule has 0 atom stereocenters. The first kappa shape index (κ1) is 13.5. The zero-order valence-corrected chi connectivity index (χ0v) is 10.5. The standard InChI is InChI=1S/C13H15NO2S/c1-3-4-10-14-17(15,16)11-9-13-7-5-12(2)6-8-13/h1,5-9,11,14H,4,10H2,2H3/b11-9+. The van der Waals surface area contributed by atoms with Crippen LogP contribution in [0.4, 0.5) is 0 Å². The SMILES string of the molecule is C#CCCNS(=O)(=O)/C=C/c1ccc(C)cc1. The zero-order valence-electron chi connectivity index (χ0n) is 9.68. The van der Waals surface area contributed by atoms with E-state index < -0.39 is 10.0 Å². The number of aryl methyl sites for hydroxylation is 1. The summed E-state index contributed by atoms with van der Waals surface area (Å²) < 4.78 is 25.3. The second-order valence-electron chi connectivity index (χ2n) is 3.61. The number of sulfonamides is 1. The van der Waals surface area contributed by atoms with E-state index in [0.717, 1.165) is 16.5 Å². The maximum Gasteiger partial charge on any atom is 0.233 e. The number of nitrogens with one attached hydrogen (secondary N) is 1. The van der Waals surface area contributed by atoms with Gasteiger partial charge in [0, 0.05) is 18.4 Å². The van der Waals surface area contributed by atoms with Crippen molar-refractivity contribution in [1.82, 2.24) is 4.72 Å². The molecule has 90 valence electrons. The molecule has 0 spiro atoms. The molecule has 1 aromatic rings. The molecule has 0 heterocycles. The highest BCUT2D eigenvalue weighted by molar-refractivity contribution is 7.92. The average Bonchev–Trinajstić information content (AvgIpc) is 2.29. The van der Waals surface area contributed by atoms with Crippen molar-refractivity contribution in [2.75, 3.05) is 6.54 Å². The van der Waals surface area contributed by atoms with E-state index in [9.17, 15) is 8.42 Å². The lowest BCUT2D eigenvalue weighted by Crippen LogP contribution is -2.21. The predicted octanol–water partition coefficient (Wildman–Crippen LogP) is 1.91. The van der Waals surface area contributed by atoms with Crippen LogP contribution in [0.2, 0.25) is 0 Å². The van der Waals surface area contributed by atoms with Crippen LogP contribution in [0, 0.1) is 19.3 Å². The van der Waals surface area contributed by atoms with E-state index in [2.05, 4.69) is 10.6 Å². The van der Waals surface area contributed by atoms with Gasteiger partial charge in [-0.1, -0.05) is 29.8 Å². The number of hydrogen-bond acceptors (Lipinski definition) is 2. The van der Waals surface area contributed by atoms with Crippen molar-refractivity contribution in [3.63, 3.8) is 0 Å². The summed E-state index contributed by atoms with van der Waals surface area (Å²) in [6, 6.07) is 7.59. The van der Waals surface area contributed by atoms with Gasteiger partial charge in [-0.3, -0.25) is 0 Å². The van der Waals surface area contributed by atoms with Gasteiger partial charge in [-0.2, -0.15) is 0 Å². The minimum absolute atomic E-state index is 0.261. The normalized spacial score (nSPS) is 11.5. The van der Waals surface area contributed by atoms with Gasteiger partial charge in [0.25, 0.3) is 0 Å². The van der Waals surface area contributed by atoms with E-state index in [-0.39, 0.29) is 6.54 Å². The zero-order chi connectivity index (χ0) is 12.7. The first-order valence-corrected chi connectivity index (χ1v) is 6.76. The summed E-state index contributed by atoms with van der Waals surface area (Å²) in [4.78, 5) is 0. The van der Waals surface area contributed by atoms with Gasteiger partial charge in [0.2, 0.25) is 10.0 Å². The third kappa shape index (κ3) is 5.34. The first-order chi connectivity index (χ1) is 8.03. The second kappa shape index (κ2) is 6.24. The summed E-state index contributed by atoms with van der Waals surface area (Å²) in [5.74, 6) is 2.37. The third-order valence-electron chi connectivity index (χ3n) is 2.09. The van der Waals surface area contributed by atoms with E-state index in [4.69, 9.17) is 6.42 Å². The van der Waals surface area contributed by atoms with Crippen molar-refractivity contribution >= 4 is 16.1 Å². The lowest BCUT2D eigenvalue weighted by molar-refractivity contribution is 0.592. The van der Waals surface area contributed by atoms with Gasteiger partial charge in [-0.15, -0.1) is 12.3 Å². The van der Waals surface area contributed by atoms with Crippen LogP contribution in [0.3, 0.4) is 0 Å². The van der Waals surface area contributed by atoms with Crippen LogP contribution in [-0.4, -0.2) is 15.0 Å². The number of rotatable bonds is 5. The number of hydrogen-bond donors (Lipinski definition) is 1. The summed E-state index contributed by atoms with van der Waals surface area (Å²) in [6.45, 7) is 2.24. The minimum atomic E-state index is -3.39.